The topological polar surface area (TPSA) is 71.4 Å². The van der Waals surface area contributed by atoms with E-state index in [0.717, 1.165) is 11.1 Å². The highest BCUT2D eigenvalue weighted by molar-refractivity contribution is 5.62. The molecule has 0 aliphatic heterocycles. The monoisotopic (exact) mass is 193 g/mol. The molecule has 0 spiro atoms. The van der Waals surface area contributed by atoms with Gasteiger partial charge in [0.25, 0.3) is 0 Å². The van der Waals surface area contributed by atoms with E-state index in [2.05, 4.69) is 0 Å². The number of hydrogen-bond donors (Lipinski definition) is 0. The maximum Gasteiger partial charge on any atom is 0.130 e. The molecule has 1 aromatic carbocycles. The molecule has 70 valence electrons. The summed E-state index contributed by atoms with van der Waals surface area (Å²) in [7, 11) is 0. The lowest BCUT2D eigenvalue weighted by Crippen LogP contribution is -1.83. The molecule has 15 heavy (non-hydrogen) atoms. The Morgan fingerprint density at radius 3 is 2.53 bits per heavy atom. The molecule has 1 rings (SSSR count). The fourth-order valence-electron chi connectivity index (χ4n) is 1.14. The van der Waals surface area contributed by atoms with E-state index in [9.17, 15) is 0 Å². The van der Waals surface area contributed by atoms with Gasteiger partial charge in [-0.15, -0.1) is 0 Å². The molecule has 0 saturated heterocycles. The van der Waals surface area contributed by atoms with Gasteiger partial charge in [-0.05, 0) is 17.2 Å². The number of rotatable bonds is 2. The smallest absolute Gasteiger partial charge is 0.130 e. The highest BCUT2D eigenvalue weighted by Gasteiger charge is 1.96. The van der Waals surface area contributed by atoms with Gasteiger partial charge >= 0.3 is 0 Å². The summed E-state index contributed by atoms with van der Waals surface area (Å²) >= 11 is 0. The van der Waals surface area contributed by atoms with E-state index in [1.165, 1.54) is 6.08 Å². The van der Waals surface area contributed by atoms with Crippen LogP contribution in [-0.2, 0) is 6.42 Å². The zero-order valence-corrected chi connectivity index (χ0v) is 7.94. The largest absolute Gasteiger partial charge is 0.198 e. The van der Waals surface area contributed by atoms with Crippen LogP contribution in [-0.4, -0.2) is 0 Å². The summed E-state index contributed by atoms with van der Waals surface area (Å²) in [6.07, 6.45) is 1.83. The lowest BCUT2D eigenvalue weighted by molar-refractivity contribution is 1.26. The van der Waals surface area contributed by atoms with Crippen LogP contribution in [0.15, 0.2) is 29.8 Å². The van der Waals surface area contributed by atoms with Gasteiger partial charge in [0.2, 0.25) is 0 Å². The van der Waals surface area contributed by atoms with Crippen LogP contribution in [0.25, 0.3) is 6.08 Å². The predicted octanol–water partition coefficient (Wildman–Crippen LogP) is 2.18. The van der Waals surface area contributed by atoms with Gasteiger partial charge in [0.05, 0.1) is 12.5 Å². The third-order valence-corrected chi connectivity index (χ3v) is 1.79. The molecule has 0 aliphatic rings. The molecule has 0 fully saturated rings. The first kappa shape index (κ1) is 10.5. The van der Waals surface area contributed by atoms with E-state index in [1.807, 2.05) is 12.1 Å². The van der Waals surface area contributed by atoms with Crippen LogP contribution in [0.5, 0.6) is 0 Å². The van der Waals surface area contributed by atoms with Crippen molar-refractivity contribution in [2.45, 2.75) is 6.42 Å². The van der Waals surface area contributed by atoms with Gasteiger partial charge in [0.15, 0.2) is 0 Å². The van der Waals surface area contributed by atoms with Gasteiger partial charge in [-0.2, -0.15) is 15.8 Å². The molecule has 0 aliphatic carbocycles. The number of hydrogen-bond acceptors (Lipinski definition) is 3. The standard InChI is InChI=1S/C12H7N3/c13-5-4-10-2-1-3-11(6-10)7-12(8-14)9-15/h1-3,6-7H,4H2. The third kappa shape index (κ3) is 2.99. The van der Waals surface area contributed by atoms with E-state index < -0.39 is 0 Å². The molecule has 3 nitrogen and oxygen atoms in total. The Morgan fingerprint density at radius 1 is 1.20 bits per heavy atom. The average molecular weight is 193 g/mol. The zero-order valence-electron chi connectivity index (χ0n) is 7.94. The summed E-state index contributed by atoms with van der Waals surface area (Å²) in [5, 5.41) is 25.6. The minimum atomic E-state index is 0.0594. The molecule has 0 unspecified atom stereocenters. The van der Waals surface area contributed by atoms with Crippen LogP contribution in [0.3, 0.4) is 0 Å². The van der Waals surface area contributed by atoms with Crippen molar-refractivity contribution in [2.24, 2.45) is 0 Å². The Bertz CT molecular complexity index is 491. The van der Waals surface area contributed by atoms with Crippen LogP contribution in [0, 0.1) is 34.0 Å². The molecule has 0 amide bonds. The first-order valence-corrected chi connectivity index (χ1v) is 4.28. The van der Waals surface area contributed by atoms with Gasteiger partial charge in [0.1, 0.15) is 17.7 Å². The van der Waals surface area contributed by atoms with Crippen molar-refractivity contribution < 1.29 is 0 Å². The SMILES string of the molecule is N#CCc1cccc(C=C(C#N)C#N)c1. The number of nitrogens with zero attached hydrogens (tertiary/aromatic N) is 3. The first-order valence-electron chi connectivity index (χ1n) is 4.28. The minimum absolute atomic E-state index is 0.0594. The Kier molecular flexibility index (Phi) is 3.66. The van der Waals surface area contributed by atoms with Gasteiger partial charge < -0.3 is 0 Å². The lowest BCUT2D eigenvalue weighted by atomic mass is 10.1. The summed E-state index contributed by atoms with van der Waals surface area (Å²) < 4.78 is 0. The van der Waals surface area contributed by atoms with Crippen molar-refractivity contribution in [3.8, 4) is 18.2 Å². The summed E-state index contributed by atoms with van der Waals surface area (Å²) in [6.45, 7) is 0. The third-order valence-electron chi connectivity index (χ3n) is 1.79. The molecule has 0 aromatic heterocycles. The Labute approximate surface area is 88.1 Å². The lowest BCUT2D eigenvalue weighted by Gasteiger charge is -1.96. The van der Waals surface area contributed by atoms with Crippen LogP contribution < -0.4 is 0 Å². The Morgan fingerprint density at radius 2 is 1.93 bits per heavy atom. The molecule has 1 aromatic rings. The van der Waals surface area contributed by atoms with E-state index in [1.54, 1.807) is 30.3 Å². The normalized spacial score (nSPS) is 8.07. The van der Waals surface area contributed by atoms with Crippen LogP contribution >= 0.6 is 0 Å². The number of benzene rings is 1. The zero-order chi connectivity index (χ0) is 11.1. The van der Waals surface area contributed by atoms with Crippen LogP contribution in [0.4, 0.5) is 0 Å². The maximum atomic E-state index is 8.57. The highest BCUT2D eigenvalue weighted by Crippen LogP contribution is 2.09. The van der Waals surface area contributed by atoms with Crippen molar-refractivity contribution in [1.29, 1.82) is 15.8 Å². The van der Waals surface area contributed by atoms with Gasteiger partial charge in [-0.25, -0.2) is 0 Å². The second-order valence-electron chi connectivity index (χ2n) is 2.86. The molecular formula is C12H7N3. The van der Waals surface area contributed by atoms with Crippen molar-refractivity contribution in [3.05, 3.63) is 41.0 Å². The number of nitriles is 3. The molecule has 0 heterocycles. The second kappa shape index (κ2) is 5.22. The summed E-state index contributed by atoms with van der Waals surface area (Å²) in [4.78, 5) is 0. The van der Waals surface area contributed by atoms with Crippen molar-refractivity contribution >= 4 is 6.08 Å². The van der Waals surface area contributed by atoms with Crippen LogP contribution in [0.2, 0.25) is 0 Å². The molecule has 0 bridgehead atoms. The van der Waals surface area contributed by atoms with Crippen molar-refractivity contribution in [2.75, 3.05) is 0 Å². The molecule has 3 heteroatoms. The van der Waals surface area contributed by atoms with Crippen molar-refractivity contribution in [1.82, 2.24) is 0 Å². The summed E-state index contributed by atoms with van der Waals surface area (Å²) in [6, 6.07) is 12.8. The molecular weight excluding hydrogens is 186 g/mol. The fraction of sp³-hybridized carbons (Fsp3) is 0.0833. The Balaban J connectivity index is 3.04. The maximum absolute atomic E-state index is 8.57. The quantitative estimate of drug-likeness (QED) is 0.676. The van der Waals surface area contributed by atoms with Gasteiger partial charge in [-0.3, -0.25) is 0 Å². The molecule has 0 N–H and O–H groups in total. The van der Waals surface area contributed by atoms with Crippen molar-refractivity contribution in [3.63, 3.8) is 0 Å². The van der Waals surface area contributed by atoms with Crippen LogP contribution in [0.1, 0.15) is 11.1 Å². The molecule has 0 radical (unpaired) electrons. The predicted molar refractivity (Wildman–Crippen MR) is 55.0 cm³/mol. The first-order chi connectivity index (χ1) is 7.30. The highest BCUT2D eigenvalue weighted by atomic mass is 14.3. The van der Waals surface area contributed by atoms with E-state index in [4.69, 9.17) is 15.8 Å². The minimum Gasteiger partial charge on any atom is -0.198 e. The number of allylic oxidation sites excluding steroid dienone is 1. The van der Waals surface area contributed by atoms with Gasteiger partial charge in [0, 0.05) is 0 Å². The van der Waals surface area contributed by atoms with Gasteiger partial charge in [-0.1, -0.05) is 24.3 Å². The molecule has 0 saturated carbocycles. The summed E-state index contributed by atoms with van der Waals surface area (Å²) in [5.74, 6) is 0. The van der Waals surface area contributed by atoms with E-state index in [-0.39, 0.29) is 5.57 Å². The summed E-state index contributed by atoms with van der Waals surface area (Å²) in [5.41, 5.74) is 1.70. The average Bonchev–Trinajstić information content (AvgIpc) is 2.27. The molecule has 0 atom stereocenters. The van der Waals surface area contributed by atoms with E-state index in [0.29, 0.717) is 6.42 Å². The Hall–Kier alpha value is -2.57. The second-order valence-corrected chi connectivity index (χ2v) is 2.86. The van der Waals surface area contributed by atoms with E-state index >= 15 is 0 Å². The fourth-order valence-corrected chi connectivity index (χ4v) is 1.14.